The topological polar surface area (TPSA) is 52.2 Å². The summed E-state index contributed by atoms with van der Waals surface area (Å²) in [6, 6.07) is 4.09. The Morgan fingerprint density at radius 1 is 1.48 bits per heavy atom. The summed E-state index contributed by atoms with van der Waals surface area (Å²) in [5.41, 5.74) is 0. The molecule has 3 heterocycles. The fourth-order valence-corrected chi connectivity index (χ4v) is 3.64. The van der Waals surface area contributed by atoms with E-state index in [4.69, 9.17) is 0 Å². The van der Waals surface area contributed by atoms with Crippen molar-refractivity contribution in [3.05, 3.63) is 40.1 Å². The normalized spacial score (nSPS) is 19.9. The molecule has 21 heavy (non-hydrogen) atoms. The lowest BCUT2D eigenvalue weighted by molar-refractivity contribution is 0.0484. The number of aromatic nitrogens is 2. The Balaban J connectivity index is 1.78. The van der Waals surface area contributed by atoms with Crippen molar-refractivity contribution in [2.45, 2.75) is 19.9 Å². The highest BCUT2D eigenvalue weighted by Crippen LogP contribution is 2.25. The van der Waals surface area contributed by atoms with Gasteiger partial charge in [0.15, 0.2) is 0 Å². The molecule has 5 nitrogen and oxygen atoms in total. The fourth-order valence-electron chi connectivity index (χ4n) is 2.81. The molecule has 112 valence electrons. The second-order valence-electron chi connectivity index (χ2n) is 5.28. The van der Waals surface area contributed by atoms with Crippen molar-refractivity contribution in [1.29, 1.82) is 0 Å². The molecule has 2 aromatic heterocycles. The highest BCUT2D eigenvalue weighted by molar-refractivity contribution is 7.13. The van der Waals surface area contributed by atoms with Crippen LogP contribution in [0.1, 0.15) is 33.3 Å². The SMILES string of the molecule is CCN1CCN(C(=O)c2ccc(C)s2)C[C@@H]1c1ncc[nH]1. The van der Waals surface area contributed by atoms with E-state index in [1.54, 1.807) is 17.5 Å². The van der Waals surface area contributed by atoms with Crippen LogP contribution in [-0.4, -0.2) is 51.9 Å². The van der Waals surface area contributed by atoms with Crippen LogP contribution in [0.15, 0.2) is 24.5 Å². The molecule has 1 N–H and O–H groups in total. The predicted molar refractivity (Wildman–Crippen MR) is 83.5 cm³/mol. The molecular weight excluding hydrogens is 284 g/mol. The molecule has 1 aliphatic rings. The molecule has 0 unspecified atom stereocenters. The largest absolute Gasteiger partial charge is 0.347 e. The van der Waals surface area contributed by atoms with Crippen molar-refractivity contribution in [3.8, 4) is 0 Å². The van der Waals surface area contributed by atoms with Gasteiger partial charge in [-0.2, -0.15) is 0 Å². The van der Waals surface area contributed by atoms with Crippen molar-refractivity contribution < 1.29 is 4.79 Å². The van der Waals surface area contributed by atoms with Gasteiger partial charge in [-0.25, -0.2) is 4.98 Å². The zero-order valence-electron chi connectivity index (χ0n) is 12.4. The maximum absolute atomic E-state index is 12.6. The van der Waals surface area contributed by atoms with Crippen LogP contribution >= 0.6 is 11.3 Å². The van der Waals surface area contributed by atoms with Crippen molar-refractivity contribution in [2.24, 2.45) is 0 Å². The van der Waals surface area contributed by atoms with Gasteiger partial charge in [-0.1, -0.05) is 6.92 Å². The van der Waals surface area contributed by atoms with Crippen molar-refractivity contribution in [1.82, 2.24) is 19.8 Å². The van der Waals surface area contributed by atoms with Crippen LogP contribution in [-0.2, 0) is 0 Å². The molecule has 1 saturated heterocycles. The Morgan fingerprint density at radius 3 is 2.95 bits per heavy atom. The first-order valence-electron chi connectivity index (χ1n) is 7.28. The monoisotopic (exact) mass is 304 g/mol. The second kappa shape index (κ2) is 5.99. The van der Waals surface area contributed by atoms with Gasteiger partial charge < -0.3 is 9.88 Å². The van der Waals surface area contributed by atoms with E-state index < -0.39 is 0 Å². The zero-order valence-corrected chi connectivity index (χ0v) is 13.2. The Morgan fingerprint density at radius 2 is 2.33 bits per heavy atom. The molecule has 1 atom stereocenters. The number of rotatable bonds is 3. The lowest BCUT2D eigenvalue weighted by Crippen LogP contribution is -2.50. The van der Waals surface area contributed by atoms with Crippen LogP contribution in [0.2, 0.25) is 0 Å². The van der Waals surface area contributed by atoms with Gasteiger partial charge in [0.05, 0.1) is 10.9 Å². The van der Waals surface area contributed by atoms with Crippen LogP contribution in [0, 0.1) is 6.92 Å². The number of nitrogens with zero attached hydrogens (tertiary/aromatic N) is 3. The van der Waals surface area contributed by atoms with E-state index in [9.17, 15) is 4.79 Å². The Bertz CT molecular complexity index is 607. The average Bonchev–Trinajstić information content (AvgIpc) is 3.17. The van der Waals surface area contributed by atoms with Gasteiger partial charge in [-0.05, 0) is 25.6 Å². The second-order valence-corrected chi connectivity index (χ2v) is 6.57. The van der Waals surface area contributed by atoms with E-state index in [0.717, 1.165) is 30.3 Å². The van der Waals surface area contributed by atoms with Crippen molar-refractivity contribution in [2.75, 3.05) is 26.2 Å². The minimum Gasteiger partial charge on any atom is -0.347 e. The number of carbonyl (C=O) groups excluding carboxylic acids is 1. The van der Waals surface area contributed by atoms with E-state index in [2.05, 4.69) is 21.8 Å². The van der Waals surface area contributed by atoms with Gasteiger partial charge in [0, 0.05) is 36.9 Å². The third-order valence-corrected chi connectivity index (χ3v) is 4.96. The summed E-state index contributed by atoms with van der Waals surface area (Å²) in [7, 11) is 0. The van der Waals surface area contributed by atoms with E-state index >= 15 is 0 Å². The average molecular weight is 304 g/mol. The lowest BCUT2D eigenvalue weighted by atomic mass is 10.1. The van der Waals surface area contributed by atoms with Crippen LogP contribution in [0.4, 0.5) is 0 Å². The third kappa shape index (κ3) is 2.87. The number of hydrogen-bond acceptors (Lipinski definition) is 4. The number of likely N-dealkylation sites (N-methyl/N-ethyl adjacent to an activating group) is 1. The Labute approximate surface area is 128 Å². The molecule has 6 heteroatoms. The number of hydrogen-bond donors (Lipinski definition) is 1. The van der Waals surface area contributed by atoms with Crippen molar-refractivity contribution in [3.63, 3.8) is 0 Å². The minimum atomic E-state index is 0.139. The summed E-state index contributed by atoms with van der Waals surface area (Å²) in [5, 5.41) is 0. The van der Waals surface area contributed by atoms with E-state index in [-0.39, 0.29) is 11.9 Å². The molecule has 0 saturated carbocycles. The van der Waals surface area contributed by atoms with Gasteiger partial charge in [-0.3, -0.25) is 9.69 Å². The molecule has 3 rings (SSSR count). The van der Waals surface area contributed by atoms with Gasteiger partial charge in [0.1, 0.15) is 5.82 Å². The van der Waals surface area contributed by atoms with E-state index in [1.807, 2.05) is 30.2 Å². The molecular formula is C15H20N4OS. The van der Waals surface area contributed by atoms with Crippen LogP contribution < -0.4 is 0 Å². The minimum absolute atomic E-state index is 0.139. The first-order chi connectivity index (χ1) is 10.2. The third-order valence-electron chi connectivity index (χ3n) is 3.97. The van der Waals surface area contributed by atoms with Gasteiger partial charge in [0.2, 0.25) is 0 Å². The number of piperazine rings is 1. The molecule has 1 amide bonds. The lowest BCUT2D eigenvalue weighted by Gasteiger charge is -2.39. The number of H-pyrrole nitrogens is 1. The number of amides is 1. The summed E-state index contributed by atoms with van der Waals surface area (Å²) < 4.78 is 0. The first kappa shape index (κ1) is 14.3. The molecule has 2 aromatic rings. The maximum Gasteiger partial charge on any atom is 0.264 e. The quantitative estimate of drug-likeness (QED) is 0.946. The summed E-state index contributed by atoms with van der Waals surface area (Å²) in [6.45, 7) is 7.50. The fraction of sp³-hybridized carbons (Fsp3) is 0.467. The van der Waals surface area contributed by atoms with Gasteiger partial charge >= 0.3 is 0 Å². The summed E-state index contributed by atoms with van der Waals surface area (Å²) >= 11 is 1.57. The summed E-state index contributed by atoms with van der Waals surface area (Å²) in [6.07, 6.45) is 3.61. The molecule has 0 radical (unpaired) electrons. The van der Waals surface area contributed by atoms with Gasteiger partial charge in [0.25, 0.3) is 5.91 Å². The number of imidazole rings is 1. The summed E-state index contributed by atoms with van der Waals surface area (Å²) in [5.74, 6) is 1.08. The molecule has 0 aliphatic carbocycles. The maximum atomic E-state index is 12.6. The molecule has 0 spiro atoms. The predicted octanol–water partition coefficient (Wildman–Crippen LogP) is 2.30. The summed E-state index contributed by atoms with van der Waals surface area (Å²) in [4.78, 5) is 26.5. The Hall–Kier alpha value is -1.66. The Kier molecular flexibility index (Phi) is 4.07. The molecule has 0 bridgehead atoms. The number of aromatic amines is 1. The number of aryl methyl sites for hydroxylation is 1. The molecule has 1 fully saturated rings. The van der Waals surface area contributed by atoms with E-state index in [0.29, 0.717) is 6.54 Å². The number of nitrogens with one attached hydrogen (secondary N) is 1. The highest BCUT2D eigenvalue weighted by Gasteiger charge is 2.31. The van der Waals surface area contributed by atoms with E-state index in [1.165, 1.54) is 4.88 Å². The number of thiophene rings is 1. The zero-order chi connectivity index (χ0) is 14.8. The smallest absolute Gasteiger partial charge is 0.264 e. The number of carbonyl (C=O) groups is 1. The standard InChI is InChI=1S/C15H20N4OS/c1-3-18-8-9-19(10-12(18)14-16-6-7-17-14)15(20)13-5-4-11(2)21-13/h4-7,12H,3,8-10H2,1-2H3,(H,16,17)/t12-/m1/s1. The molecule has 1 aliphatic heterocycles. The van der Waals surface area contributed by atoms with Crippen LogP contribution in [0.5, 0.6) is 0 Å². The van der Waals surface area contributed by atoms with Crippen LogP contribution in [0.25, 0.3) is 0 Å². The first-order valence-corrected chi connectivity index (χ1v) is 8.09. The molecule has 0 aromatic carbocycles. The highest BCUT2D eigenvalue weighted by atomic mass is 32.1. The van der Waals surface area contributed by atoms with Crippen molar-refractivity contribution >= 4 is 17.2 Å². The van der Waals surface area contributed by atoms with Gasteiger partial charge in [-0.15, -0.1) is 11.3 Å². The van der Waals surface area contributed by atoms with Crippen LogP contribution in [0.3, 0.4) is 0 Å².